The average Bonchev–Trinajstić information content (AvgIpc) is 3.29. The van der Waals surface area contributed by atoms with Crippen molar-refractivity contribution in [3.8, 4) is 16.9 Å². The summed E-state index contributed by atoms with van der Waals surface area (Å²) in [6, 6.07) is 20.2. The molecule has 0 aliphatic rings. The Balaban J connectivity index is 1.73. The number of amides is 2. The molecule has 9 nitrogen and oxygen atoms in total. The maximum Gasteiger partial charge on any atom is 0.420 e. The first-order chi connectivity index (χ1) is 18.5. The molecule has 0 spiro atoms. The third-order valence-corrected chi connectivity index (χ3v) is 5.87. The highest BCUT2D eigenvalue weighted by Gasteiger charge is 2.30. The minimum atomic E-state index is -0.891. The van der Waals surface area contributed by atoms with Crippen molar-refractivity contribution in [3.63, 3.8) is 0 Å². The Morgan fingerprint density at radius 3 is 2.38 bits per heavy atom. The van der Waals surface area contributed by atoms with Crippen molar-refractivity contribution in [2.75, 3.05) is 14.2 Å². The van der Waals surface area contributed by atoms with Crippen molar-refractivity contribution in [2.45, 2.75) is 33.0 Å². The number of methoxy groups -OCH3 is 1. The summed E-state index contributed by atoms with van der Waals surface area (Å²) in [5.41, 5.74) is 2.38. The number of aromatic nitrogens is 2. The molecule has 0 saturated carbocycles. The zero-order valence-electron chi connectivity index (χ0n) is 22.2. The van der Waals surface area contributed by atoms with Gasteiger partial charge in [0, 0.05) is 12.1 Å². The summed E-state index contributed by atoms with van der Waals surface area (Å²) in [4.78, 5) is 43.5. The van der Waals surface area contributed by atoms with Crippen LogP contribution >= 0.6 is 11.6 Å². The Morgan fingerprint density at radius 1 is 0.974 bits per heavy atom. The number of nitrogens with zero attached hydrogens (tertiary/aromatic N) is 3. The molecular formula is C29H28ClN3O6. The molecule has 0 atom stereocenters. The van der Waals surface area contributed by atoms with Crippen molar-refractivity contribution in [1.29, 1.82) is 0 Å². The highest BCUT2D eigenvalue weighted by molar-refractivity contribution is 6.30. The van der Waals surface area contributed by atoms with Gasteiger partial charge in [-0.15, -0.1) is 0 Å². The molecule has 3 aromatic carbocycles. The van der Waals surface area contributed by atoms with Gasteiger partial charge in [0.25, 0.3) is 5.91 Å². The van der Waals surface area contributed by atoms with Gasteiger partial charge < -0.3 is 14.2 Å². The second kappa shape index (κ2) is 11.2. The van der Waals surface area contributed by atoms with E-state index in [4.69, 9.17) is 21.1 Å². The molecule has 0 bridgehead atoms. The Morgan fingerprint density at radius 2 is 1.69 bits per heavy atom. The minimum Gasteiger partial charge on any atom is -0.489 e. The van der Waals surface area contributed by atoms with Crippen LogP contribution in [0.25, 0.3) is 22.2 Å². The highest BCUT2D eigenvalue weighted by Crippen LogP contribution is 2.29. The van der Waals surface area contributed by atoms with Gasteiger partial charge in [-0.05, 0) is 73.9 Å². The summed E-state index contributed by atoms with van der Waals surface area (Å²) in [6.45, 7) is 5.48. The first-order valence-electron chi connectivity index (χ1n) is 12.1. The maximum absolute atomic E-state index is 13.3. The molecule has 0 N–H and O–H groups in total. The van der Waals surface area contributed by atoms with E-state index in [0.717, 1.165) is 33.3 Å². The van der Waals surface area contributed by atoms with Crippen LogP contribution in [0.2, 0.25) is 5.02 Å². The van der Waals surface area contributed by atoms with E-state index < -0.39 is 23.7 Å². The lowest BCUT2D eigenvalue weighted by Gasteiger charge is -2.21. The molecule has 1 aromatic heterocycles. The van der Waals surface area contributed by atoms with Crippen LogP contribution in [0.1, 0.15) is 37.0 Å². The number of carbonyl (C=O) groups is 3. The number of fused-ring (bicyclic) bond motifs is 1. The zero-order chi connectivity index (χ0) is 28.3. The number of imidazole rings is 1. The van der Waals surface area contributed by atoms with Gasteiger partial charge in [-0.25, -0.2) is 24.0 Å². The topological polar surface area (TPSA) is 100.0 Å². The van der Waals surface area contributed by atoms with E-state index in [-0.39, 0.29) is 5.82 Å². The zero-order valence-corrected chi connectivity index (χ0v) is 23.0. The molecule has 0 saturated heterocycles. The molecular weight excluding hydrogens is 522 g/mol. The average molecular weight is 550 g/mol. The maximum atomic E-state index is 13.3. The van der Waals surface area contributed by atoms with Crippen LogP contribution in [0, 0.1) is 0 Å². The number of halogens is 1. The molecule has 0 aliphatic carbocycles. The number of hydrogen-bond donors (Lipinski definition) is 0. The SMILES string of the molecule is COC(=O)N(C)C(=O)c1nc2ccc(-c3cccc(OCc4cccc(Cl)c4)c3)cc2n1C(=O)OC(C)(C)C. The molecule has 0 radical (unpaired) electrons. The second-order valence-electron chi connectivity index (χ2n) is 9.74. The van der Waals surface area contributed by atoms with E-state index in [1.54, 1.807) is 39.0 Å². The molecule has 1 heterocycles. The van der Waals surface area contributed by atoms with Crippen molar-refractivity contribution in [3.05, 3.63) is 83.1 Å². The summed E-state index contributed by atoms with van der Waals surface area (Å²) in [6.07, 6.45) is -1.69. The minimum absolute atomic E-state index is 0.275. The smallest absolute Gasteiger partial charge is 0.420 e. The van der Waals surface area contributed by atoms with Gasteiger partial charge in [-0.1, -0.05) is 41.9 Å². The monoisotopic (exact) mass is 549 g/mol. The van der Waals surface area contributed by atoms with Crippen LogP contribution in [0.3, 0.4) is 0 Å². The molecule has 0 fully saturated rings. The van der Waals surface area contributed by atoms with Crippen LogP contribution in [0.15, 0.2) is 66.7 Å². The quantitative estimate of drug-likeness (QED) is 0.278. The Hall–Kier alpha value is -4.37. The number of carbonyl (C=O) groups excluding carboxylic acids is 3. The van der Waals surface area contributed by atoms with Gasteiger partial charge in [-0.3, -0.25) is 4.79 Å². The molecule has 202 valence electrons. The van der Waals surface area contributed by atoms with Gasteiger partial charge in [-0.2, -0.15) is 0 Å². The summed E-state index contributed by atoms with van der Waals surface area (Å²) in [5, 5.41) is 0.635. The van der Waals surface area contributed by atoms with E-state index in [2.05, 4.69) is 9.72 Å². The molecule has 39 heavy (non-hydrogen) atoms. The van der Waals surface area contributed by atoms with E-state index >= 15 is 0 Å². The largest absolute Gasteiger partial charge is 0.489 e. The highest BCUT2D eigenvalue weighted by atomic mass is 35.5. The van der Waals surface area contributed by atoms with Gasteiger partial charge in [0.1, 0.15) is 18.0 Å². The Labute approximate surface area is 230 Å². The second-order valence-corrected chi connectivity index (χ2v) is 10.2. The molecule has 2 amide bonds. The first-order valence-corrected chi connectivity index (χ1v) is 12.4. The predicted molar refractivity (Wildman–Crippen MR) is 147 cm³/mol. The molecule has 10 heteroatoms. The number of rotatable bonds is 5. The molecule has 0 unspecified atom stereocenters. The van der Waals surface area contributed by atoms with Crippen LogP contribution in [-0.4, -0.2) is 52.3 Å². The van der Waals surface area contributed by atoms with Crippen LogP contribution in [0.5, 0.6) is 5.75 Å². The van der Waals surface area contributed by atoms with Crippen molar-refractivity contribution in [1.82, 2.24) is 14.5 Å². The third-order valence-electron chi connectivity index (χ3n) is 5.64. The van der Waals surface area contributed by atoms with Gasteiger partial charge in [0.2, 0.25) is 5.82 Å². The lowest BCUT2D eigenvalue weighted by atomic mass is 10.0. The van der Waals surface area contributed by atoms with Crippen molar-refractivity contribution >= 4 is 40.7 Å². The summed E-state index contributed by atoms with van der Waals surface area (Å²) in [5.74, 6) is -0.450. The fraction of sp³-hybridized carbons (Fsp3) is 0.241. The van der Waals surface area contributed by atoms with E-state index in [9.17, 15) is 14.4 Å². The number of imide groups is 1. The van der Waals surface area contributed by atoms with Crippen LogP contribution < -0.4 is 4.74 Å². The summed E-state index contributed by atoms with van der Waals surface area (Å²) < 4.78 is 17.2. The molecule has 0 aliphatic heterocycles. The fourth-order valence-corrected chi connectivity index (χ4v) is 4.03. The fourth-order valence-electron chi connectivity index (χ4n) is 3.82. The van der Waals surface area contributed by atoms with E-state index in [1.807, 2.05) is 48.5 Å². The predicted octanol–water partition coefficient (Wildman–Crippen LogP) is 6.56. The van der Waals surface area contributed by atoms with E-state index in [1.165, 1.54) is 7.05 Å². The number of hydrogen-bond acceptors (Lipinski definition) is 7. The normalized spacial score (nSPS) is 11.2. The van der Waals surface area contributed by atoms with Crippen LogP contribution in [0.4, 0.5) is 9.59 Å². The number of ether oxygens (including phenoxy) is 3. The summed E-state index contributed by atoms with van der Waals surface area (Å²) in [7, 11) is 2.40. The third kappa shape index (κ3) is 6.38. The standard InChI is InChI=1S/C29H28ClN3O6/c1-29(2,3)39-28(36)33-24-16-20(12-13-23(24)31-25(33)26(34)32(4)27(35)37-5)19-9-7-11-22(15-19)38-17-18-8-6-10-21(30)14-18/h6-16H,17H2,1-5H3. The lowest BCUT2D eigenvalue weighted by Crippen LogP contribution is -2.36. The summed E-state index contributed by atoms with van der Waals surface area (Å²) >= 11 is 6.07. The molecule has 4 rings (SSSR count). The van der Waals surface area contributed by atoms with Crippen LogP contribution in [-0.2, 0) is 16.1 Å². The van der Waals surface area contributed by atoms with E-state index in [0.29, 0.717) is 28.4 Å². The van der Waals surface area contributed by atoms with Gasteiger partial charge >= 0.3 is 12.2 Å². The van der Waals surface area contributed by atoms with Gasteiger partial charge in [0.05, 0.1) is 18.1 Å². The number of benzene rings is 3. The first kappa shape index (κ1) is 27.7. The Bertz CT molecular complexity index is 1560. The van der Waals surface area contributed by atoms with Crippen molar-refractivity contribution < 1.29 is 28.6 Å². The van der Waals surface area contributed by atoms with Gasteiger partial charge in [0.15, 0.2) is 0 Å². The lowest BCUT2D eigenvalue weighted by molar-refractivity contribution is 0.0520. The molecule has 4 aromatic rings. The Kier molecular flexibility index (Phi) is 7.92. The van der Waals surface area contributed by atoms with Crippen molar-refractivity contribution in [2.24, 2.45) is 0 Å².